The zero-order valence-corrected chi connectivity index (χ0v) is 10.6. The SMILES string of the molecule is Fc1ccc(F)c(-c2cc(-c3ccccc3)ccn2)c1. The molecule has 0 spiro atoms. The quantitative estimate of drug-likeness (QED) is 0.656. The Hall–Kier alpha value is -2.55. The third-order valence-corrected chi connectivity index (χ3v) is 3.07. The van der Waals surface area contributed by atoms with Gasteiger partial charge in [0.05, 0.1) is 5.69 Å². The fraction of sp³-hybridized carbons (Fsp3) is 0. The maximum atomic E-state index is 13.8. The fourth-order valence-electron chi connectivity index (χ4n) is 2.08. The summed E-state index contributed by atoms with van der Waals surface area (Å²) in [4.78, 5) is 4.13. The normalized spacial score (nSPS) is 10.5. The second-order valence-electron chi connectivity index (χ2n) is 4.42. The van der Waals surface area contributed by atoms with Gasteiger partial charge in [-0.3, -0.25) is 4.98 Å². The Bertz CT molecular complexity index is 739. The first kappa shape index (κ1) is 12.5. The molecule has 98 valence electrons. The molecule has 0 aliphatic heterocycles. The Kier molecular flexibility index (Phi) is 3.25. The van der Waals surface area contributed by atoms with Crippen molar-refractivity contribution in [2.24, 2.45) is 0 Å². The molecule has 0 amide bonds. The van der Waals surface area contributed by atoms with Crippen LogP contribution in [0.5, 0.6) is 0 Å². The van der Waals surface area contributed by atoms with E-state index in [1.807, 2.05) is 36.4 Å². The van der Waals surface area contributed by atoms with Gasteiger partial charge in [0.15, 0.2) is 0 Å². The number of hydrogen-bond acceptors (Lipinski definition) is 1. The van der Waals surface area contributed by atoms with Crippen LogP contribution in [0.3, 0.4) is 0 Å². The first-order chi connectivity index (χ1) is 9.74. The molecule has 1 nitrogen and oxygen atoms in total. The molecule has 0 radical (unpaired) electrons. The molecular formula is C17H11F2N. The summed E-state index contributed by atoms with van der Waals surface area (Å²) in [6.45, 7) is 0. The van der Waals surface area contributed by atoms with Crippen LogP contribution in [0.25, 0.3) is 22.4 Å². The van der Waals surface area contributed by atoms with Crippen LogP contribution in [0.4, 0.5) is 8.78 Å². The summed E-state index contributed by atoms with van der Waals surface area (Å²) in [6, 6.07) is 16.7. The van der Waals surface area contributed by atoms with Crippen LogP contribution in [0, 0.1) is 11.6 Å². The molecular weight excluding hydrogens is 256 g/mol. The van der Waals surface area contributed by atoms with Crippen LogP contribution in [0.1, 0.15) is 0 Å². The molecule has 0 saturated heterocycles. The van der Waals surface area contributed by atoms with E-state index in [9.17, 15) is 8.78 Å². The van der Waals surface area contributed by atoms with Crippen LogP contribution in [0.15, 0.2) is 66.9 Å². The summed E-state index contributed by atoms with van der Waals surface area (Å²) in [7, 11) is 0. The van der Waals surface area contributed by atoms with Gasteiger partial charge in [-0.1, -0.05) is 30.3 Å². The standard InChI is InChI=1S/C17H11F2N/c18-14-6-7-16(19)15(11-14)17-10-13(8-9-20-17)12-4-2-1-3-5-12/h1-11H. The molecule has 0 aliphatic carbocycles. The van der Waals surface area contributed by atoms with Crippen LogP contribution in [-0.2, 0) is 0 Å². The van der Waals surface area contributed by atoms with Crippen molar-refractivity contribution in [1.82, 2.24) is 4.98 Å². The monoisotopic (exact) mass is 267 g/mol. The van der Waals surface area contributed by atoms with Crippen molar-refractivity contribution in [1.29, 1.82) is 0 Å². The van der Waals surface area contributed by atoms with Gasteiger partial charge in [-0.25, -0.2) is 8.78 Å². The first-order valence-electron chi connectivity index (χ1n) is 6.21. The number of nitrogens with zero attached hydrogens (tertiary/aromatic N) is 1. The lowest BCUT2D eigenvalue weighted by Crippen LogP contribution is -1.90. The Morgan fingerprint density at radius 2 is 1.55 bits per heavy atom. The molecule has 1 aromatic heterocycles. The van der Waals surface area contributed by atoms with Gasteiger partial charge in [-0.2, -0.15) is 0 Å². The van der Waals surface area contributed by atoms with E-state index in [0.29, 0.717) is 5.69 Å². The van der Waals surface area contributed by atoms with E-state index in [4.69, 9.17) is 0 Å². The first-order valence-corrected chi connectivity index (χ1v) is 6.21. The molecule has 0 unspecified atom stereocenters. The summed E-state index contributed by atoms with van der Waals surface area (Å²) in [5, 5.41) is 0. The maximum Gasteiger partial charge on any atom is 0.132 e. The lowest BCUT2D eigenvalue weighted by atomic mass is 10.0. The lowest BCUT2D eigenvalue weighted by Gasteiger charge is -2.06. The van der Waals surface area contributed by atoms with Crippen molar-refractivity contribution in [2.75, 3.05) is 0 Å². The number of aromatic nitrogens is 1. The zero-order chi connectivity index (χ0) is 13.9. The molecule has 0 N–H and O–H groups in total. The molecule has 0 atom stereocenters. The lowest BCUT2D eigenvalue weighted by molar-refractivity contribution is 0.602. The second-order valence-corrected chi connectivity index (χ2v) is 4.42. The summed E-state index contributed by atoms with van der Waals surface area (Å²) in [5.41, 5.74) is 2.51. The molecule has 0 aliphatic rings. The minimum atomic E-state index is -0.482. The largest absolute Gasteiger partial charge is 0.256 e. The van der Waals surface area contributed by atoms with E-state index in [0.717, 1.165) is 29.3 Å². The summed E-state index contributed by atoms with van der Waals surface area (Å²) in [6.07, 6.45) is 1.60. The predicted octanol–water partition coefficient (Wildman–Crippen LogP) is 4.69. The van der Waals surface area contributed by atoms with Gasteiger partial charge in [0.1, 0.15) is 11.6 Å². The third kappa shape index (κ3) is 2.43. The highest BCUT2D eigenvalue weighted by atomic mass is 19.1. The molecule has 1 heterocycles. The second kappa shape index (κ2) is 5.21. The van der Waals surface area contributed by atoms with Crippen molar-refractivity contribution in [3.05, 3.63) is 78.5 Å². The average molecular weight is 267 g/mol. The Balaban J connectivity index is 2.10. The van der Waals surface area contributed by atoms with Crippen molar-refractivity contribution in [3.63, 3.8) is 0 Å². The van der Waals surface area contributed by atoms with Gasteiger partial charge >= 0.3 is 0 Å². The Labute approximate surface area is 115 Å². The van der Waals surface area contributed by atoms with Gasteiger partial charge in [-0.05, 0) is 41.5 Å². The summed E-state index contributed by atoms with van der Waals surface area (Å²) in [5.74, 6) is -0.961. The topological polar surface area (TPSA) is 12.9 Å². The molecule has 3 heteroatoms. The predicted molar refractivity (Wildman–Crippen MR) is 75.0 cm³/mol. The minimum absolute atomic E-state index is 0.169. The third-order valence-electron chi connectivity index (χ3n) is 3.07. The van der Waals surface area contributed by atoms with Gasteiger partial charge in [0.25, 0.3) is 0 Å². The minimum Gasteiger partial charge on any atom is -0.256 e. The van der Waals surface area contributed by atoms with E-state index >= 15 is 0 Å². The van der Waals surface area contributed by atoms with Gasteiger partial charge in [0, 0.05) is 11.8 Å². The van der Waals surface area contributed by atoms with E-state index in [-0.39, 0.29) is 5.56 Å². The molecule has 0 bridgehead atoms. The number of benzene rings is 2. The van der Waals surface area contributed by atoms with E-state index in [2.05, 4.69) is 4.98 Å². The number of hydrogen-bond donors (Lipinski definition) is 0. The molecule has 2 aromatic carbocycles. The van der Waals surface area contributed by atoms with Crippen molar-refractivity contribution < 1.29 is 8.78 Å². The highest BCUT2D eigenvalue weighted by Gasteiger charge is 2.09. The summed E-state index contributed by atoms with van der Waals surface area (Å²) < 4.78 is 27.0. The highest BCUT2D eigenvalue weighted by Crippen LogP contribution is 2.26. The molecule has 0 saturated carbocycles. The van der Waals surface area contributed by atoms with Crippen LogP contribution < -0.4 is 0 Å². The van der Waals surface area contributed by atoms with Crippen LogP contribution in [-0.4, -0.2) is 4.98 Å². The van der Waals surface area contributed by atoms with E-state index in [1.165, 1.54) is 0 Å². The van der Waals surface area contributed by atoms with Crippen molar-refractivity contribution >= 4 is 0 Å². The molecule has 3 rings (SSSR count). The molecule has 3 aromatic rings. The Morgan fingerprint density at radius 3 is 2.35 bits per heavy atom. The molecule has 20 heavy (non-hydrogen) atoms. The summed E-state index contributed by atoms with van der Waals surface area (Å²) >= 11 is 0. The highest BCUT2D eigenvalue weighted by molar-refractivity contribution is 5.70. The van der Waals surface area contributed by atoms with Crippen molar-refractivity contribution in [2.45, 2.75) is 0 Å². The van der Waals surface area contributed by atoms with E-state index in [1.54, 1.807) is 12.3 Å². The van der Waals surface area contributed by atoms with Crippen molar-refractivity contribution in [3.8, 4) is 22.4 Å². The van der Waals surface area contributed by atoms with Crippen LogP contribution in [0.2, 0.25) is 0 Å². The maximum absolute atomic E-state index is 13.8. The van der Waals surface area contributed by atoms with Gasteiger partial charge in [-0.15, -0.1) is 0 Å². The zero-order valence-electron chi connectivity index (χ0n) is 10.6. The van der Waals surface area contributed by atoms with Crippen LogP contribution >= 0.6 is 0 Å². The smallest absolute Gasteiger partial charge is 0.132 e. The average Bonchev–Trinajstić information content (AvgIpc) is 2.51. The van der Waals surface area contributed by atoms with Gasteiger partial charge < -0.3 is 0 Å². The number of pyridine rings is 1. The Morgan fingerprint density at radius 1 is 0.750 bits per heavy atom. The number of halogens is 2. The fourth-order valence-corrected chi connectivity index (χ4v) is 2.08. The van der Waals surface area contributed by atoms with E-state index < -0.39 is 11.6 Å². The number of rotatable bonds is 2. The van der Waals surface area contributed by atoms with Gasteiger partial charge in [0.2, 0.25) is 0 Å². The molecule has 0 fully saturated rings.